The molecule has 0 heterocycles. The molecule has 0 aliphatic rings. The van der Waals surface area contributed by atoms with Gasteiger partial charge in [0.05, 0.1) is 6.21 Å². The standard InChI is InChI=1S/C20H26N4O/c1-16-6-10-18(11-7-16)21-14-4-5-20(25)23-22-15-17-8-12-19(13-9-17)24(2)3/h6-13,15,21H,4-5,14H2,1-3H3,(H,23,25). The van der Waals surface area contributed by atoms with E-state index in [0.717, 1.165) is 29.9 Å². The van der Waals surface area contributed by atoms with Crippen molar-refractivity contribution >= 4 is 23.5 Å². The molecule has 0 fully saturated rings. The van der Waals surface area contributed by atoms with Crippen LogP contribution in [0.5, 0.6) is 0 Å². The normalized spacial score (nSPS) is 10.7. The maximum Gasteiger partial charge on any atom is 0.240 e. The summed E-state index contributed by atoms with van der Waals surface area (Å²) in [5, 5.41) is 7.31. The Labute approximate surface area is 149 Å². The predicted molar refractivity (Wildman–Crippen MR) is 105 cm³/mol. The van der Waals surface area contributed by atoms with Crippen molar-refractivity contribution in [2.45, 2.75) is 19.8 Å². The molecule has 2 aromatic rings. The third-order valence-corrected chi connectivity index (χ3v) is 3.77. The molecule has 1 amide bonds. The zero-order valence-corrected chi connectivity index (χ0v) is 15.1. The summed E-state index contributed by atoms with van der Waals surface area (Å²) in [6.45, 7) is 2.82. The molecule has 0 aliphatic heterocycles. The second-order valence-corrected chi connectivity index (χ2v) is 6.18. The van der Waals surface area contributed by atoms with E-state index in [-0.39, 0.29) is 5.91 Å². The highest BCUT2D eigenvalue weighted by Crippen LogP contribution is 2.11. The number of anilines is 2. The number of rotatable bonds is 8. The van der Waals surface area contributed by atoms with Crippen molar-refractivity contribution in [3.63, 3.8) is 0 Å². The van der Waals surface area contributed by atoms with E-state index in [2.05, 4.69) is 34.9 Å². The van der Waals surface area contributed by atoms with Gasteiger partial charge in [-0.05, 0) is 43.2 Å². The lowest BCUT2D eigenvalue weighted by molar-refractivity contribution is -0.121. The average molecular weight is 338 g/mol. The highest BCUT2D eigenvalue weighted by molar-refractivity contribution is 5.82. The summed E-state index contributed by atoms with van der Waals surface area (Å²) in [4.78, 5) is 13.8. The van der Waals surface area contributed by atoms with Gasteiger partial charge in [0.1, 0.15) is 0 Å². The van der Waals surface area contributed by atoms with E-state index in [1.807, 2.05) is 55.4 Å². The number of amides is 1. The second-order valence-electron chi connectivity index (χ2n) is 6.18. The number of carbonyl (C=O) groups excluding carboxylic acids is 1. The van der Waals surface area contributed by atoms with E-state index in [1.165, 1.54) is 5.56 Å². The second kappa shape index (κ2) is 9.47. The molecule has 0 atom stereocenters. The number of hydrazone groups is 1. The molecular weight excluding hydrogens is 312 g/mol. The number of aryl methyl sites for hydroxylation is 1. The van der Waals surface area contributed by atoms with Crippen LogP contribution in [-0.2, 0) is 4.79 Å². The van der Waals surface area contributed by atoms with E-state index in [0.29, 0.717) is 6.42 Å². The number of hydrogen-bond acceptors (Lipinski definition) is 4. The van der Waals surface area contributed by atoms with Crippen molar-refractivity contribution in [1.29, 1.82) is 0 Å². The first-order valence-corrected chi connectivity index (χ1v) is 8.44. The maximum absolute atomic E-state index is 11.8. The topological polar surface area (TPSA) is 56.7 Å². The van der Waals surface area contributed by atoms with Crippen LogP contribution in [0.2, 0.25) is 0 Å². The zero-order valence-electron chi connectivity index (χ0n) is 15.1. The quantitative estimate of drug-likeness (QED) is 0.441. The summed E-state index contributed by atoms with van der Waals surface area (Å²) < 4.78 is 0. The predicted octanol–water partition coefficient (Wildman–Crippen LogP) is 3.40. The molecule has 0 radical (unpaired) electrons. The number of nitrogens with zero attached hydrogens (tertiary/aromatic N) is 2. The fourth-order valence-corrected chi connectivity index (χ4v) is 2.25. The molecule has 0 aliphatic carbocycles. The lowest BCUT2D eigenvalue weighted by atomic mass is 10.2. The minimum atomic E-state index is -0.0770. The van der Waals surface area contributed by atoms with Gasteiger partial charge >= 0.3 is 0 Å². The third kappa shape index (κ3) is 6.67. The highest BCUT2D eigenvalue weighted by Gasteiger charge is 1.99. The van der Waals surface area contributed by atoms with E-state index >= 15 is 0 Å². The van der Waals surface area contributed by atoms with Crippen molar-refractivity contribution in [2.75, 3.05) is 30.9 Å². The van der Waals surface area contributed by atoms with Gasteiger partial charge in [-0.25, -0.2) is 5.43 Å². The Morgan fingerprint density at radius 3 is 2.40 bits per heavy atom. The van der Waals surface area contributed by atoms with Gasteiger partial charge in [0.2, 0.25) is 5.91 Å². The van der Waals surface area contributed by atoms with Crippen molar-refractivity contribution in [1.82, 2.24) is 5.43 Å². The summed E-state index contributed by atoms with van der Waals surface area (Å²) in [6, 6.07) is 16.2. The number of hydrogen-bond donors (Lipinski definition) is 2. The van der Waals surface area contributed by atoms with Gasteiger partial charge < -0.3 is 10.2 Å². The SMILES string of the molecule is Cc1ccc(NCCCC(=O)NN=Cc2ccc(N(C)C)cc2)cc1. The van der Waals surface area contributed by atoms with Crippen molar-refractivity contribution < 1.29 is 4.79 Å². The van der Waals surface area contributed by atoms with Crippen LogP contribution in [0.4, 0.5) is 11.4 Å². The Morgan fingerprint density at radius 1 is 1.08 bits per heavy atom. The molecule has 5 nitrogen and oxygen atoms in total. The van der Waals surface area contributed by atoms with Gasteiger partial charge in [-0.1, -0.05) is 29.8 Å². The smallest absolute Gasteiger partial charge is 0.240 e. The lowest BCUT2D eigenvalue weighted by Crippen LogP contribution is -2.18. The van der Waals surface area contributed by atoms with Crippen molar-refractivity contribution in [3.05, 3.63) is 59.7 Å². The van der Waals surface area contributed by atoms with Crippen molar-refractivity contribution in [3.8, 4) is 0 Å². The molecule has 0 aromatic heterocycles. The molecular formula is C20H26N4O. The average Bonchev–Trinajstić information content (AvgIpc) is 2.61. The fourth-order valence-electron chi connectivity index (χ4n) is 2.25. The minimum absolute atomic E-state index is 0.0770. The van der Waals surface area contributed by atoms with Gasteiger partial charge in [0.15, 0.2) is 0 Å². The Kier molecular flexibility index (Phi) is 7.01. The largest absolute Gasteiger partial charge is 0.385 e. The first-order valence-electron chi connectivity index (χ1n) is 8.44. The summed E-state index contributed by atoms with van der Waals surface area (Å²) >= 11 is 0. The van der Waals surface area contributed by atoms with E-state index < -0.39 is 0 Å². The maximum atomic E-state index is 11.8. The zero-order chi connectivity index (χ0) is 18.1. The minimum Gasteiger partial charge on any atom is -0.385 e. The fraction of sp³-hybridized carbons (Fsp3) is 0.300. The van der Waals surface area contributed by atoms with Crippen LogP contribution in [0.1, 0.15) is 24.0 Å². The third-order valence-electron chi connectivity index (χ3n) is 3.77. The Morgan fingerprint density at radius 2 is 1.76 bits per heavy atom. The Balaban J connectivity index is 1.65. The molecule has 2 rings (SSSR count). The lowest BCUT2D eigenvalue weighted by Gasteiger charge is -2.11. The number of nitrogens with one attached hydrogen (secondary N) is 2. The number of benzene rings is 2. The van der Waals surface area contributed by atoms with Gasteiger partial charge in [-0.3, -0.25) is 4.79 Å². The van der Waals surface area contributed by atoms with Crippen LogP contribution in [0, 0.1) is 6.92 Å². The first kappa shape index (κ1) is 18.5. The molecule has 0 saturated heterocycles. The Hall–Kier alpha value is -2.82. The van der Waals surface area contributed by atoms with E-state index in [1.54, 1.807) is 6.21 Å². The first-order chi connectivity index (χ1) is 12.0. The molecule has 0 unspecified atom stereocenters. The molecule has 0 spiro atoms. The van der Waals surface area contributed by atoms with E-state index in [9.17, 15) is 4.79 Å². The summed E-state index contributed by atoms with van der Waals surface area (Å²) in [7, 11) is 3.99. The molecule has 2 N–H and O–H groups in total. The van der Waals surface area contributed by atoms with Gasteiger partial charge in [-0.2, -0.15) is 5.10 Å². The molecule has 0 bridgehead atoms. The van der Waals surface area contributed by atoms with Crippen LogP contribution in [0.25, 0.3) is 0 Å². The number of carbonyl (C=O) groups is 1. The molecule has 25 heavy (non-hydrogen) atoms. The van der Waals surface area contributed by atoms with Gasteiger partial charge in [0.25, 0.3) is 0 Å². The Bertz CT molecular complexity index is 691. The van der Waals surface area contributed by atoms with Crippen LogP contribution in [-0.4, -0.2) is 32.8 Å². The molecule has 5 heteroatoms. The highest BCUT2D eigenvalue weighted by atomic mass is 16.2. The molecule has 132 valence electrons. The summed E-state index contributed by atoms with van der Waals surface area (Å²) in [5.41, 5.74) is 6.95. The van der Waals surface area contributed by atoms with Crippen LogP contribution in [0.15, 0.2) is 53.6 Å². The summed E-state index contributed by atoms with van der Waals surface area (Å²) in [6.07, 6.45) is 2.85. The summed E-state index contributed by atoms with van der Waals surface area (Å²) in [5.74, 6) is -0.0770. The molecule has 0 saturated carbocycles. The monoisotopic (exact) mass is 338 g/mol. The molecule has 2 aromatic carbocycles. The van der Waals surface area contributed by atoms with E-state index in [4.69, 9.17) is 0 Å². The van der Waals surface area contributed by atoms with Crippen molar-refractivity contribution in [2.24, 2.45) is 5.10 Å². The van der Waals surface area contributed by atoms with Crippen LogP contribution >= 0.6 is 0 Å². The van der Waals surface area contributed by atoms with Gasteiger partial charge in [0, 0.05) is 38.4 Å². The van der Waals surface area contributed by atoms with Crippen LogP contribution in [0.3, 0.4) is 0 Å². The van der Waals surface area contributed by atoms with Crippen LogP contribution < -0.4 is 15.6 Å². The van der Waals surface area contributed by atoms with Gasteiger partial charge in [-0.15, -0.1) is 0 Å².